The number of para-hydroxylation sites is 1. The molecule has 1 aliphatic rings. The summed E-state index contributed by atoms with van der Waals surface area (Å²) < 4.78 is 34.8. The normalized spacial score (nSPS) is 16.1. The van der Waals surface area contributed by atoms with Crippen molar-refractivity contribution in [1.29, 1.82) is 0 Å². The molecule has 1 aliphatic heterocycles. The zero-order valence-corrected chi connectivity index (χ0v) is 12.7. The number of rotatable bonds is 4. The van der Waals surface area contributed by atoms with E-state index >= 15 is 0 Å². The lowest BCUT2D eigenvalue weighted by molar-refractivity contribution is -0.0516. The number of carbonyl (C=O) groups excluding carboxylic acids is 1. The molecule has 1 saturated heterocycles. The largest absolute Gasteiger partial charge is 0.493 e. The third kappa shape index (κ3) is 4.08. The van der Waals surface area contributed by atoms with Gasteiger partial charge in [0.15, 0.2) is 11.5 Å². The molecule has 0 atom stereocenters. The van der Waals surface area contributed by atoms with Gasteiger partial charge in [-0.3, -0.25) is 4.79 Å². The second kappa shape index (κ2) is 7.96. The maximum absolute atomic E-state index is 12.7. The van der Waals surface area contributed by atoms with Crippen molar-refractivity contribution in [3.63, 3.8) is 0 Å². The lowest BCUT2D eigenvalue weighted by Crippen LogP contribution is -2.34. The Hall–Kier alpha value is -1.85. The van der Waals surface area contributed by atoms with Gasteiger partial charge in [0.25, 0.3) is 5.91 Å². The van der Waals surface area contributed by atoms with Crippen LogP contribution in [0.15, 0.2) is 18.2 Å². The number of carbonyl (C=O) groups is 1. The molecule has 122 valence electrons. The molecule has 4 nitrogen and oxygen atoms in total. The number of nitrogens with zero attached hydrogens (tertiary/aromatic N) is 1. The van der Waals surface area contributed by atoms with Crippen LogP contribution in [0.2, 0.25) is 0 Å². The van der Waals surface area contributed by atoms with Crippen LogP contribution in [0.25, 0.3) is 0 Å². The zero-order valence-electron chi connectivity index (χ0n) is 12.7. The summed E-state index contributed by atoms with van der Waals surface area (Å²) in [6.07, 6.45) is 5.22. The minimum absolute atomic E-state index is 0.125. The molecule has 0 radical (unpaired) electrons. The molecule has 1 amide bonds. The van der Waals surface area contributed by atoms with E-state index in [1.54, 1.807) is 11.0 Å². The van der Waals surface area contributed by atoms with Crippen molar-refractivity contribution in [2.75, 3.05) is 20.2 Å². The molecule has 1 aromatic carbocycles. The number of halogens is 2. The molecule has 2 rings (SSSR count). The van der Waals surface area contributed by atoms with Gasteiger partial charge in [-0.1, -0.05) is 25.3 Å². The van der Waals surface area contributed by atoms with Crippen molar-refractivity contribution in [3.05, 3.63) is 23.8 Å². The topological polar surface area (TPSA) is 38.8 Å². The van der Waals surface area contributed by atoms with Crippen LogP contribution in [0, 0.1) is 0 Å². The smallest absolute Gasteiger partial charge is 0.387 e. The molecule has 1 fully saturated rings. The molecule has 0 bridgehead atoms. The monoisotopic (exact) mass is 313 g/mol. The number of benzene rings is 1. The number of ether oxygens (including phenoxy) is 2. The Morgan fingerprint density at radius 2 is 1.77 bits per heavy atom. The second-order valence-electron chi connectivity index (χ2n) is 5.28. The third-order valence-corrected chi connectivity index (χ3v) is 3.78. The van der Waals surface area contributed by atoms with Gasteiger partial charge in [0.1, 0.15) is 0 Å². The lowest BCUT2D eigenvalue weighted by atomic mass is 10.1. The van der Waals surface area contributed by atoms with E-state index in [1.165, 1.54) is 25.7 Å². The van der Waals surface area contributed by atoms with E-state index in [0.29, 0.717) is 13.1 Å². The number of amides is 1. The first kappa shape index (κ1) is 16.5. The average Bonchev–Trinajstić information content (AvgIpc) is 2.46. The molecule has 0 saturated carbocycles. The number of likely N-dealkylation sites (tertiary alicyclic amines) is 1. The number of alkyl halides is 2. The Kier molecular flexibility index (Phi) is 5.98. The fourth-order valence-electron chi connectivity index (χ4n) is 2.68. The summed E-state index contributed by atoms with van der Waals surface area (Å²) in [7, 11) is 1.36. The van der Waals surface area contributed by atoms with E-state index in [0.717, 1.165) is 25.7 Å². The van der Waals surface area contributed by atoms with Gasteiger partial charge < -0.3 is 14.4 Å². The van der Waals surface area contributed by atoms with Gasteiger partial charge >= 0.3 is 6.61 Å². The molecule has 0 N–H and O–H groups in total. The fraction of sp³-hybridized carbons (Fsp3) is 0.562. The summed E-state index contributed by atoms with van der Waals surface area (Å²) in [5.74, 6) is -0.332. The lowest BCUT2D eigenvalue weighted by Gasteiger charge is -2.26. The predicted octanol–water partition coefficient (Wildman–Crippen LogP) is 3.70. The predicted molar refractivity (Wildman–Crippen MR) is 78.6 cm³/mol. The second-order valence-corrected chi connectivity index (χ2v) is 5.28. The number of hydrogen-bond donors (Lipinski definition) is 0. The first-order chi connectivity index (χ1) is 10.6. The number of methoxy groups -OCH3 is 1. The van der Waals surface area contributed by atoms with Crippen LogP contribution >= 0.6 is 0 Å². The molecule has 1 heterocycles. The third-order valence-electron chi connectivity index (χ3n) is 3.78. The van der Waals surface area contributed by atoms with E-state index in [4.69, 9.17) is 4.74 Å². The Morgan fingerprint density at radius 1 is 1.14 bits per heavy atom. The van der Waals surface area contributed by atoms with Crippen LogP contribution < -0.4 is 9.47 Å². The van der Waals surface area contributed by atoms with Gasteiger partial charge in [0.2, 0.25) is 0 Å². The van der Waals surface area contributed by atoms with E-state index in [9.17, 15) is 13.6 Å². The van der Waals surface area contributed by atoms with Gasteiger partial charge in [-0.15, -0.1) is 0 Å². The highest BCUT2D eigenvalue weighted by molar-refractivity contribution is 5.97. The van der Waals surface area contributed by atoms with Crippen LogP contribution in [0.4, 0.5) is 8.78 Å². The van der Waals surface area contributed by atoms with Gasteiger partial charge in [-0.25, -0.2) is 0 Å². The molecule has 0 spiro atoms. The molecule has 1 aromatic rings. The van der Waals surface area contributed by atoms with Crippen molar-refractivity contribution >= 4 is 5.91 Å². The van der Waals surface area contributed by atoms with Gasteiger partial charge in [0.05, 0.1) is 12.7 Å². The molecule has 6 heteroatoms. The Balaban J connectivity index is 2.27. The highest BCUT2D eigenvalue weighted by Gasteiger charge is 2.24. The SMILES string of the molecule is COc1cccc(C(=O)N2CCCCCCC2)c1OC(F)F. The molecular weight excluding hydrogens is 292 g/mol. The van der Waals surface area contributed by atoms with E-state index < -0.39 is 6.61 Å². The van der Waals surface area contributed by atoms with Crippen molar-refractivity contribution in [1.82, 2.24) is 4.90 Å². The van der Waals surface area contributed by atoms with Crippen molar-refractivity contribution in [3.8, 4) is 11.5 Å². The van der Waals surface area contributed by atoms with Crippen LogP contribution in [-0.2, 0) is 0 Å². The summed E-state index contributed by atoms with van der Waals surface area (Å²) in [4.78, 5) is 14.4. The quantitative estimate of drug-likeness (QED) is 0.850. The standard InChI is InChI=1S/C16H21F2NO3/c1-21-13-9-7-8-12(14(13)22-16(17)18)15(20)19-10-5-3-2-4-6-11-19/h7-9,16H,2-6,10-11H2,1H3. The highest BCUT2D eigenvalue weighted by atomic mass is 19.3. The summed E-state index contributed by atoms with van der Waals surface area (Å²) in [6, 6.07) is 4.61. The summed E-state index contributed by atoms with van der Waals surface area (Å²) >= 11 is 0. The Morgan fingerprint density at radius 3 is 2.36 bits per heavy atom. The molecular formula is C16H21F2NO3. The summed E-state index contributed by atoms with van der Waals surface area (Å²) in [5, 5.41) is 0. The fourth-order valence-corrected chi connectivity index (χ4v) is 2.68. The van der Waals surface area contributed by atoms with Crippen LogP contribution in [-0.4, -0.2) is 37.6 Å². The van der Waals surface area contributed by atoms with Crippen molar-refractivity contribution in [2.24, 2.45) is 0 Å². The zero-order chi connectivity index (χ0) is 15.9. The molecule has 0 aliphatic carbocycles. The average molecular weight is 313 g/mol. The minimum Gasteiger partial charge on any atom is -0.493 e. The first-order valence-electron chi connectivity index (χ1n) is 7.54. The van der Waals surface area contributed by atoms with Crippen molar-refractivity contribution < 1.29 is 23.0 Å². The van der Waals surface area contributed by atoms with E-state index in [-0.39, 0.29) is 23.0 Å². The maximum Gasteiger partial charge on any atom is 0.387 e. The minimum atomic E-state index is -3.00. The molecule has 0 aromatic heterocycles. The van der Waals surface area contributed by atoms with E-state index in [1.807, 2.05) is 0 Å². The van der Waals surface area contributed by atoms with Crippen molar-refractivity contribution in [2.45, 2.75) is 38.7 Å². The first-order valence-corrected chi connectivity index (χ1v) is 7.54. The highest BCUT2D eigenvalue weighted by Crippen LogP contribution is 2.33. The summed E-state index contributed by atoms with van der Waals surface area (Å²) in [5.41, 5.74) is 0.125. The van der Waals surface area contributed by atoms with Crippen LogP contribution in [0.3, 0.4) is 0 Å². The van der Waals surface area contributed by atoms with Crippen LogP contribution in [0.5, 0.6) is 11.5 Å². The maximum atomic E-state index is 12.7. The summed E-state index contributed by atoms with van der Waals surface area (Å²) in [6.45, 7) is -1.72. The van der Waals surface area contributed by atoms with Gasteiger partial charge in [0, 0.05) is 13.1 Å². The number of hydrogen-bond acceptors (Lipinski definition) is 3. The Bertz CT molecular complexity index is 500. The Labute approximate surface area is 129 Å². The van der Waals surface area contributed by atoms with Gasteiger partial charge in [-0.2, -0.15) is 8.78 Å². The molecule has 22 heavy (non-hydrogen) atoms. The molecule has 0 unspecified atom stereocenters. The van der Waals surface area contributed by atoms with Crippen LogP contribution in [0.1, 0.15) is 42.5 Å². The van der Waals surface area contributed by atoms with E-state index in [2.05, 4.69) is 4.74 Å². The van der Waals surface area contributed by atoms with Gasteiger partial charge in [-0.05, 0) is 25.0 Å².